The maximum absolute atomic E-state index is 9.79. The number of benzene rings is 1. The van der Waals surface area contributed by atoms with Crippen molar-refractivity contribution in [3.05, 3.63) is 43.0 Å². The Balaban J connectivity index is 0.000000325. The van der Waals surface area contributed by atoms with E-state index in [1.165, 1.54) is 0 Å². The van der Waals surface area contributed by atoms with E-state index in [1.54, 1.807) is 13.0 Å². The minimum atomic E-state index is -3.67. The van der Waals surface area contributed by atoms with Gasteiger partial charge in [-0.25, -0.2) is 0 Å². The van der Waals surface area contributed by atoms with Crippen molar-refractivity contribution in [3.8, 4) is 5.75 Å². The van der Waals surface area contributed by atoms with Gasteiger partial charge in [-0.2, -0.15) is 8.42 Å². The summed E-state index contributed by atoms with van der Waals surface area (Å²) in [5.41, 5.74) is 0. The molecule has 17 heavy (non-hydrogen) atoms. The number of para-hydroxylation sites is 1. The second kappa shape index (κ2) is 8.78. The first-order valence-electron chi connectivity index (χ1n) is 5.23. The van der Waals surface area contributed by atoms with E-state index in [4.69, 9.17) is 9.29 Å². The monoisotopic (exact) mass is 258 g/mol. The second-order valence-corrected chi connectivity index (χ2v) is 4.77. The zero-order valence-electron chi connectivity index (χ0n) is 9.87. The van der Waals surface area contributed by atoms with E-state index >= 15 is 0 Å². The topological polar surface area (TPSA) is 63.6 Å². The minimum Gasteiger partial charge on any atom is -0.490 e. The molecule has 1 rings (SSSR count). The lowest BCUT2D eigenvalue weighted by Gasteiger charge is -1.99. The zero-order chi connectivity index (χ0) is 13.1. The predicted molar refractivity (Wildman–Crippen MR) is 68.8 cm³/mol. The molecule has 0 fully saturated rings. The lowest BCUT2D eigenvalue weighted by molar-refractivity contribution is 0.363. The van der Waals surface area contributed by atoms with Crippen molar-refractivity contribution in [2.24, 2.45) is 0 Å². The van der Waals surface area contributed by atoms with E-state index in [-0.39, 0.29) is 5.75 Å². The molecule has 1 aromatic carbocycles. The third kappa shape index (κ3) is 10.9. The smallest absolute Gasteiger partial charge is 0.264 e. The Morgan fingerprint density at radius 3 is 2.29 bits per heavy atom. The van der Waals surface area contributed by atoms with E-state index in [0.717, 1.165) is 5.75 Å². The molecule has 96 valence electrons. The van der Waals surface area contributed by atoms with Gasteiger partial charge in [0.2, 0.25) is 0 Å². The number of ether oxygens (including phenoxy) is 1. The van der Waals surface area contributed by atoms with Gasteiger partial charge in [-0.3, -0.25) is 4.55 Å². The maximum atomic E-state index is 9.79. The first kappa shape index (κ1) is 15.7. The summed E-state index contributed by atoms with van der Waals surface area (Å²) in [6.45, 7) is 5.81. The van der Waals surface area contributed by atoms with Gasteiger partial charge in [0.05, 0.1) is 5.75 Å². The van der Waals surface area contributed by atoms with Crippen molar-refractivity contribution < 1.29 is 17.7 Å². The molecule has 0 saturated heterocycles. The quantitative estimate of drug-likeness (QED) is 0.651. The predicted octanol–water partition coefficient (Wildman–Crippen LogP) is 2.54. The number of hydrogen-bond acceptors (Lipinski definition) is 3. The van der Waals surface area contributed by atoms with E-state index in [0.29, 0.717) is 13.0 Å². The molecule has 4 nitrogen and oxygen atoms in total. The third-order valence-electron chi connectivity index (χ3n) is 1.57. The van der Waals surface area contributed by atoms with Crippen LogP contribution >= 0.6 is 0 Å². The number of hydrogen-bond donors (Lipinski definition) is 1. The Labute approximate surface area is 103 Å². The summed E-state index contributed by atoms with van der Waals surface area (Å²) in [6.07, 6.45) is 2.20. The molecule has 0 bridgehead atoms. The van der Waals surface area contributed by atoms with Crippen molar-refractivity contribution in [1.82, 2.24) is 0 Å². The van der Waals surface area contributed by atoms with Crippen LogP contribution in [0.5, 0.6) is 5.75 Å². The molecule has 0 radical (unpaired) electrons. The van der Waals surface area contributed by atoms with Gasteiger partial charge < -0.3 is 4.74 Å². The molecule has 0 saturated carbocycles. The van der Waals surface area contributed by atoms with Crippen molar-refractivity contribution >= 4 is 10.1 Å². The molecular formula is C12H18O4S. The Kier molecular flexibility index (Phi) is 8.09. The van der Waals surface area contributed by atoms with Crippen LogP contribution in [0.15, 0.2) is 43.0 Å². The van der Waals surface area contributed by atoms with Gasteiger partial charge in [-0.05, 0) is 18.6 Å². The molecule has 1 aromatic rings. The molecule has 0 atom stereocenters. The van der Waals surface area contributed by atoms with Crippen molar-refractivity contribution in [2.75, 3.05) is 12.4 Å². The van der Waals surface area contributed by atoms with Gasteiger partial charge in [-0.15, -0.1) is 0 Å². The standard InChI is InChI=1S/C9H10O.C3H8O3S/c1-2-8-10-9-6-4-3-5-7-9;1-2-3-7(4,5)6/h2-7H,1,8H2;2-3H2,1H3,(H,4,5,6). The van der Waals surface area contributed by atoms with E-state index in [9.17, 15) is 8.42 Å². The molecule has 0 aromatic heterocycles. The minimum absolute atomic E-state index is 0.132. The van der Waals surface area contributed by atoms with Crippen LogP contribution in [-0.2, 0) is 10.1 Å². The van der Waals surface area contributed by atoms with Crippen LogP contribution in [0.2, 0.25) is 0 Å². The maximum Gasteiger partial charge on any atom is 0.264 e. The van der Waals surface area contributed by atoms with E-state index < -0.39 is 10.1 Å². The average Bonchev–Trinajstić information content (AvgIpc) is 2.27. The summed E-state index contributed by atoms with van der Waals surface area (Å²) < 4.78 is 32.8. The van der Waals surface area contributed by atoms with E-state index in [2.05, 4.69) is 6.58 Å². The van der Waals surface area contributed by atoms with Gasteiger partial charge in [0.25, 0.3) is 10.1 Å². The fourth-order valence-electron chi connectivity index (χ4n) is 0.930. The van der Waals surface area contributed by atoms with Gasteiger partial charge in [0.1, 0.15) is 12.4 Å². The van der Waals surface area contributed by atoms with Gasteiger partial charge in [0.15, 0.2) is 0 Å². The highest BCUT2D eigenvalue weighted by Gasteiger charge is 1.98. The molecule has 0 aliphatic carbocycles. The highest BCUT2D eigenvalue weighted by molar-refractivity contribution is 7.85. The van der Waals surface area contributed by atoms with Gasteiger partial charge in [0, 0.05) is 0 Å². The number of rotatable bonds is 5. The molecule has 0 aliphatic rings. The van der Waals surface area contributed by atoms with Crippen LogP contribution in [0.3, 0.4) is 0 Å². The molecule has 5 heteroatoms. The van der Waals surface area contributed by atoms with Gasteiger partial charge >= 0.3 is 0 Å². The molecule has 0 unspecified atom stereocenters. The molecular weight excluding hydrogens is 240 g/mol. The molecule has 1 N–H and O–H groups in total. The summed E-state index contributed by atoms with van der Waals surface area (Å²) in [7, 11) is -3.67. The second-order valence-electron chi connectivity index (χ2n) is 3.20. The zero-order valence-corrected chi connectivity index (χ0v) is 10.7. The Morgan fingerprint density at radius 1 is 1.35 bits per heavy atom. The first-order valence-corrected chi connectivity index (χ1v) is 6.84. The largest absolute Gasteiger partial charge is 0.490 e. The Morgan fingerprint density at radius 2 is 1.94 bits per heavy atom. The van der Waals surface area contributed by atoms with Crippen LogP contribution in [0.1, 0.15) is 13.3 Å². The molecule has 0 aliphatic heterocycles. The average molecular weight is 258 g/mol. The highest BCUT2D eigenvalue weighted by atomic mass is 32.2. The van der Waals surface area contributed by atoms with Crippen molar-refractivity contribution in [1.29, 1.82) is 0 Å². The lowest BCUT2D eigenvalue weighted by atomic mass is 10.3. The molecule has 0 heterocycles. The summed E-state index contributed by atoms with van der Waals surface area (Å²) in [5.74, 6) is 0.759. The van der Waals surface area contributed by atoms with Crippen LogP contribution in [0.25, 0.3) is 0 Å². The first-order chi connectivity index (χ1) is 7.99. The normalized spacial score (nSPS) is 10.0. The summed E-state index contributed by atoms with van der Waals surface area (Å²) >= 11 is 0. The van der Waals surface area contributed by atoms with Gasteiger partial charge in [-0.1, -0.05) is 37.8 Å². The molecule has 0 spiro atoms. The third-order valence-corrected chi connectivity index (χ3v) is 2.50. The fourth-order valence-corrected chi connectivity index (χ4v) is 1.45. The highest BCUT2D eigenvalue weighted by Crippen LogP contribution is 2.07. The van der Waals surface area contributed by atoms with Crippen molar-refractivity contribution in [3.63, 3.8) is 0 Å². The summed E-state index contributed by atoms with van der Waals surface area (Å²) in [6, 6.07) is 9.69. The fraction of sp³-hybridized carbons (Fsp3) is 0.333. The van der Waals surface area contributed by atoms with Crippen LogP contribution in [0, 0.1) is 0 Å². The van der Waals surface area contributed by atoms with Crippen LogP contribution in [0.4, 0.5) is 0 Å². The SMILES string of the molecule is C=CCOc1ccccc1.CCCS(=O)(=O)O. The Bertz CT molecular complexity index is 398. The summed E-state index contributed by atoms with van der Waals surface area (Å²) in [4.78, 5) is 0. The van der Waals surface area contributed by atoms with Crippen molar-refractivity contribution in [2.45, 2.75) is 13.3 Å². The summed E-state index contributed by atoms with van der Waals surface area (Å²) in [5, 5.41) is 0. The lowest BCUT2D eigenvalue weighted by Crippen LogP contribution is -2.01. The van der Waals surface area contributed by atoms with E-state index in [1.807, 2.05) is 30.3 Å². The Hall–Kier alpha value is -1.33. The van der Waals surface area contributed by atoms with Crippen LogP contribution < -0.4 is 4.74 Å². The van der Waals surface area contributed by atoms with Crippen LogP contribution in [-0.4, -0.2) is 25.3 Å². The molecule has 0 amide bonds.